The van der Waals surface area contributed by atoms with Crippen LogP contribution in [0.3, 0.4) is 0 Å². The van der Waals surface area contributed by atoms with E-state index in [4.69, 9.17) is 0 Å². The molecule has 0 heterocycles. The number of rotatable bonds is 7. The normalized spacial score (nSPS) is 13.3. The average Bonchev–Trinajstić information content (AvgIpc) is 2.69. The van der Waals surface area contributed by atoms with Gasteiger partial charge in [0.15, 0.2) is 0 Å². The fraction of sp³-hybridized carbons (Fsp3) is 0.625. The average molecular weight is 531 g/mol. The number of benzene rings is 2. The molecule has 0 aromatic heterocycles. The van der Waals surface area contributed by atoms with Crippen LogP contribution >= 0.6 is 23.5 Å². The first-order valence-corrected chi connectivity index (χ1v) is 15.4. The van der Waals surface area contributed by atoms with Crippen molar-refractivity contribution >= 4 is 23.5 Å². The third-order valence-electron chi connectivity index (χ3n) is 6.61. The van der Waals surface area contributed by atoms with Crippen molar-refractivity contribution in [2.75, 3.05) is 11.5 Å². The Bertz CT molecular complexity index is 957. The smallest absolute Gasteiger partial charge is 0.123 e. The summed E-state index contributed by atoms with van der Waals surface area (Å²) in [5, 5.41) is 22.1. The molecule has 2 nitrogen and oxygen atoms in total. The van der Waals surface area contributed by atoms with Crippen LogP contribution in [0.2, 0.25) is 0 Å². The largest absolute Gasteiger partial charge is 0.507 e. The molecular weight excluding hydrogens is 480 g/mol. The molecule has 0 saturated carbocycles. The number of phenols is 2. The van der Waals surface area contributed by atoms with E-state index in [0.717, 1.165) is 45.3 Å². The Labute approximate surface area is 230 Å². The molecule has 202 valence electrons. The third-order valence-corrected chi connectivity index (χ3v) is 8.89. The Morgan fingerprint density at radius 2 is 0.806 bits per heavy atom. The van der Waals surface area contributed by atoms with Crippen LogP contribution in [0.5, 0.6) is 11.5 Å². The maximum atomic E-state index is 11.0. The molecule has 2 aromatic rings. The Balaban J connectivity index is 2.08. The van der Waals surface area contributed by atoms with Crippen LogP contribution in [0, 0.1) is 0 Å². The standard InChI is InChI=1S/C32H50O2S2/c1-29(2,3)23-15-21(27(33)25(17-23)31(7,8)9)19-35-13-14-36-20-22-16-24(30(4,5)6)18-26(28(22)34)32(10,11)12/h15-18,33-34H,13-14,19-20H2,1-12H3. The molecule has 0 saturated heterocycles. The van der Waals surface area contributed by atoms with Crippen molar-refractivity contribution < 1.29 is 10.2 Å². The SMILES string of the molecule is CC(C)(C)c1cc(CSCCSCc2cc(C(C)(C)C)cc(C(C)(C)C)c2O)c(O)c(C(C)(C)C)c1. The van der Waals surface area contributed by atoms with Gasteiger partial charge in [-0.05, 0) is 43.9 Å². The zero-order valence-electron chi connectivity index (χ0n) is 24.8. The molecular formula is C32H50O2S2. The topological polar surface area (TPSA) is 40.5 Å². The predicted octanol–water partition coefficient (Wildman–Crippen LogP) is 9.45. The molecule has 0 amide bonds. The summed E-state index contributed by atoms with van der Waals surface area (Å²) >= 11 is 3.74. The fourth-order valence-corrected chi connectivity index (χ4v) is 6.21. The molecule has 0 fully saturated rings. The fourth-order valence-electron chi connectivity index (χ4n) is 4.10. The Morgan fingerprint density at radius 3 is 1.06 bits per heavy atom. The highest BCUT2D eigenvalue weighted by molar-refractivity contribution is 8.02. The van der Waals surface area contributed by atoms with Crippen molar-refractivity contribution in [3.63, 3.8) is 0 Å². The number of hydrogen-bond acceptors (Lipinski definition) is 4. The van der Waals surface area contributed by atoms with Crippen LogP contribution in [-0.4, -0.2) is 21.7 Å². The first-order chi connectivity index (χ1) is 16.2. The van der Waals surface area contributed by atoms with Crippen molar-refractivity contribution in [1.29, 1.82) is 0 Å². The molecule has 0 aliphatic heterocycles. The minimum atomic E-state index is -0.101. The van der Waals surface area contributed by atoms with Gasteiger partial charge in [0.25, 0.3) is 0 Å². The van der Waals surface area contributed by atoms with E-state index < -0.39 is 0 Å². The van der Waals surface area contributed by atoms with Gasteiger partial charge in [-0.25, -0.2) is 0 Å². The van der Waals surface area contributed by atoms with Crippen molar-refractivity contribution in [3.05, 3.63) is 57.6 Å². The minimum Gasteiger partial charge on any atom is -0.507 e. The van der Waals surface area contributed by atoms with Gasteiger partial charge >= 0.3 is 0 Å². The van der Waals surface area contributed by atoms with Crippen molar-refractivity contribution in [1.82, 2.24) is 0 Å². The Morgan fingerprint density at radius 1 is 0.500 bits per heavy atom. The van der Waals surface area contributed by atoms with Crippen molar-refractivity contribution in [2.45, 2.75) is 116 Å². The van der Waals surface area contributed by atoms with Crippen LogP contribution < -0.4 is 0 Å². The van der Waals surface area contributed by atoms with E-state index in [-0.39, 0.29) is 21.7 Å². The predicted molar refractivity (Wildman–Crippen MR) is 163 cm³/mol. The van der Waals surface area contributed by atoms with Gasteiger partial charge in [0.2, 0.25) is 0 Å². The summed E-state index contributed by atoms with van der Waals surface area (Å²) in [6, 6.07) is 8.75. The molecule has 0 unspecified atom stereocenters. The monoisotopic (exact) mass is 530 g/mol. The Hall–Kier alpha value is -1.26. The van der Waals surface area contributed by atoms with Gasteiger partial charge in [-0.3, -0.25) is 0 Å². The lowest BCUT2D eigenvalue weighted by molar-refractivity contribution is 0.439. The molecule has 2 aromatic carbocycles. The molecule has 2 rings (SSSR count). The van der Waals surface area contributed by atoms with Gasteiger partial charge in [-0.15, -0.1) is 0 Å². The summed E-state index contributed by atoms with van der Waals surface area (Å²) in [6.45, 7) is 26.4. The summed E-state index contributed by atoms with van der Waals surface area (Å²) in [7, 11) is 0. The lowest BCUT2D eigenvalue weighted by Crippen LogP contribution is -2.17. The van der Waals surface area contributed by atoms with Gasteiger partial charge in [-0.1, -0.05) is 107 Å². The highest BCUT2D eigenvalue weighted by Gasteiger charge is 2.26. The van der Waals surface area contributed by atoms with Crippen LogP contribution in [0.25, 0.3) is 0 Å². The molecule has 0 bridgehead atoms. The van der Waals surface area contributed by atoms with E-state index >= 15 is 0 Å². The lowest BCUT2D eigenvalue weighted by Gasteiger charge is -2.27. The van der Waals surface area contributed by atoms with Gasteiger partial charge in [-0.2, -0.15) is 23.5 Å². The first-order valence-electron chi connectivity index (χ1n) is 13.1. The van der Waals surface area contributed by atoms with Gasteiger partial charge in [0, 0.05) is 34.1 Å². The van der Waals surface area contributed by atoms with E-state index in [1.807, 2.05) is 23.5 Å². The number of thioether (sulfide) groups is 2. The van der Waals surface area contributed by atoms with Crippen molar-refractivity contribution in [3.8, 4) is 11.5 Å². The Kier molecular flexibility index (Phi) is 9.66. The number of hydrogen-bond donors (Lipinski definition) is 2. The molecule has 2 N–H and O–H groups in total. The highest BCUT2D eigenvalue weighted by Crippen LogP contribution is 2.40. The molecule has 0 radical (unpaired) electrons. The van der Waals surface area contributed by atoms with Crippen molar-refractivity contribution in [2.24, 2.45) is 0 Å². The van der Waals surface area contributed by atoms with E-state index in [9.17, 15) is 10.2 Å². The van der Waals surface area contributed by atoms with E-state index in [1.165, 1.54) is 11.1 Å². The quantitative estimate of drug-likeness (QED) is 0.350. The molecule has 0 atom stereocenters. The summed E-state index contributed by atoms with van der Waals surface area (Å²) < 4.78 is 0. The molecule has 36 heavy (non-hydrogen) atoms. The van der Waals surface area contributed by atoms with E-state index in [0.29, 0.717) is 11.5 Å². The van der Waals surface area contributed by atoms with Gasteiger partial charge in [0.05, 0.1) is 0 Å². The molecule has 0 aliphatic rings. The van der Waals surface area contributed by atoms with E-state index in [1.54, 1.807) is 0 Å². The second-order valence-corrected chi connectivity index (χ2v) is 16.4. The summed E-state index contributed by atoms with van der Waals surface area (Å²) in [5.74, 6) is 4.51. The summed E-state index contributed by atoms with van der Waals surface area (Å²) in [5.41, 5.74) is 6.56. The summed E-state index contributed by atoms with van der Waals surface area (Å²) in [4.78, 5) is 0. The third kappa shape index (κ3) is 8.12. The van der Waals surface area contributed by atoms with Crippen LogP contribution in [0.1, 0.15) is 116 Å². The molecule has 4 heteroatoms. The van der Waals surface area contributed by atoms with Crippen LogP contribution in [-0.2, 0) is 33.2 Å². The van der Waals surface area contributed by atoms with Gasteiger partial charge in [0.1, 0.15) is 11.5 Å². The maximum Gasteiger partial charge on any atom is 0.123 e. The molecule has 0 aliphatic carbocycles. The molecule has 0 spiro atoms. The zero-order chi connectivity index (χ0) is 27.7. The minimum absolute atomic E-state index is 0.0401. The number of aromatic hydroxyl groups is 2. The van der Waals surface area contributed by atoms with Crippen LogP contribution in [0.15, 0.2) is 24.3 Å². The zero-order valence-corrected chi connectivity index (χ0v) is 26.5. The lowest BCUT2D eigenvalue weighted by atomic mass is 9.79. The van der Waals surface area contributed by atoms with Crippen LogP contribution in [0.4, 0.5) is 0 Å². The van der Waals surface area contributed by atoms with Gasteiger partial charge < -0.3 is 10.2 Å². The second-order valence-electron chi connectivity index (χ2n) is 14.2. The highest BCUT2D eigenvalue weighted by atomic mass is 32.2. The summed E-state index contributed by atoms with van der Waals surface area (Å²) in [6.07, 6.45) is 0. The number of phenolic OH excluding ortho intramolecular Hbond substituents is 2. The van der Waals surface area contributed by atoms with E-state index in [2.05, 4.69) is 107 Å². The maximum absolute atomic E-state index is 11.0. The first kappa shape index (κ1) is 31.0. The second kappa shape index (κ2) is 11.2.